The van der Waals surface area contributed by atoms with Crippen LogP contribution in [0.15, 0.2) is 5.16 Å². The summed E-state index contributed by atoms with van der Waals surface area (Å²) in [5.74, 6) is 5.97. The minimum atomic E-state index is 0.713. The van der Waals surface area contributed by atoms with Gasteiger partial charge in [-0.25, -0.2) is 0 Å². The number of nitrogens with zero attached hydrogens (tertiary/aromatic N) is 1. The molecule has 0 fully saturated rings. The van der Waals surface area contributed by atoms with Crippen molar-refractivity contribution in [3.05, 3.63) is 6.92 Å². The van der Waals surface area contributed by atoms with Crippen LogP contribution in [0.25, 0.3) is 0 Å². The van der Waals surface area contributed by atoms with E-state index in [1.54, 1.807) is 13.3 Å². The molecule has 0 spiro atoms. The fourth-order valence-electron chi connectivity index (χ4n) is 0.753. The lowest BCUT2D eigenvalue weighted by atomic mass is 10.2. The monoisotopic (exact) mass is 166 g/mol. The van der Waals surface area contributed by atoms with Gasteiger partial charge in [0, 0.05) is 19.1 Å². The molecule has 0 aromatic rings. The van der Waals surface area contributed by atoms with Crippen molar-refractivity contribution in [1.29, 1.82) is 0 Å². The van der Waals surface area contributed by atoms with Crippen LogP contribution in [0.1, 0.15) is 32.1 Å². The molecule has 0 heterocycles. The first kappa shape index (κ1) is 11.0. The Kier molecular flexibility index (Phi) is 9.22. The first-order chi connectivity index (χ1) is 5.91. The fraction of sp³-hybridized carbons (Fsp3) is 0.600. The van der Waals surface area contributed by atoms with Gasteiger partial charge in [-0.3, -0.25) is 0 Å². The lowest BCUT2D eigenvalue weighted by Gasteiger charge is -1.90. The summed E-state index contributed by atoms with van der Waals surface area (Å²) in [7, 11) is 1.55. The van der Waals surface area contributed by atoms with Gasteiger partial charge in [0.1, 0.15) is 7.11 Å². The lowest BCUT2D eigenvalue weighted by Crippen LogP contribution is -1.78. The van der Waals surface area contributed by atoms with Gasteiger partial charge in [-0.05, 0) is 26.2 Å². The van der Waals surface area contributed by atoms with E-state index in [9.17, 15) is 0 Å². The van der Waals surface area contributed by atoms with Crippen LogP contribution in [0.3, 0.4) is 0 Å². The zero-order chi connectivity index (χ0) is 9.07. The maximum Gasteiger partial charge on any atom is 0.106 e. The van der Waals surface area contributed by atoms with Crippen LogP contribution in [0.2, 0.25) is 0 Å². The molecule has 0 aliphatic rings. The van der Waals surface area contributed by atoms with E-state index < -0.39 is 0 Å². The maximum absolute atomic E-state index is 4.52. The summed E-state index contributed by atoms with van der Waals surface area (Å²) in [6, 6.07) is 0. The van der Waals surface area contributed by atoms with Gasteiger partial charge in [-0.1, -0.05) is 5.16 Å². The fourth-order valence-corrected chi connectivity index (χ4v) is 0.753. The van der Waals surface area contributed by atoms with E-state index in [4.69, 9.17) is 0 Å². The van der Waals surface area contributed by atoms with E-state index in [2.05, 4.69) is 28.8 Å². The standard InChI is InChI=1S/C10H16NO/c1-3-4-5-6-7-8-9-10-11-12-2/h10H,1,3,6-9H2,2H3. The van der Waals surface area contributed by atoms with Crippen LogP contribution < -0.4 is 0 Å². The third-order valence-electron chi connectivity index (χ3n) is 1.31. The molecule has 0 saturated carbocycles. The highest BCUT2D eigenvalue weighted by Gasteiger charge is 1.83. The summed E-state index contributed by atoms with van der Waals surface area (Å²) in [5, 5.41) is 3.63. The number of hydrogen-bond acceptors (Lipinski definition) is 2. The van der Waals surface area contributed by atoms with Crippen LogP contribution >= 0.6 is 0 Å². The van der Waals surface area contributed by atoms with Gasteiger partial charge in [0.25, 0.3) is 0 Å². The SMILES string of the molecule is [CH2]CC#CCCCCC=NOC. The molecule has 0 rings (SSSR count). The summed E-state index contributed by atoms with van der Waals surface area (Å²) in [6.07, 6.45) is 6.69. The van der Waals surface area contributed by atoms with Gasteiger partial charge in [0.05, 0.1) is 0 Å². The lowest BCUT2D eigenvalue weighted by molar-refractivity contribution is 0.214. The van der Waals surface area contributed by atoms with E-state index in [0.29, 0.717) is 6.42 Å². The Hall–Kier alpha value is -0.970. The molecule has 0 atom stereocenters. The van der Waals surface area contributed by atoms with Crippen molar-refractivity contribution >= 4 is 6.21 Å². The highest BCUT2D eigenvalue weighted by Crippen LogP contribution is 1.96. The molecule has 0 saturated heterocycles. The van der Waals surface area contributed by atoms with E-state index in [0.717, 1.165) is 25.7 Å². The molecular weight excluding hydrogens is 150 g/mol. The Morgan fingerprint density at radius 1 is 1.42 bits per heavy atom. The van der Waals surface area contributed by atoms with Gasteiger partial charge in [0.15, 0.2) is 0 Å². The summed E-state index contributed by atoms with van der Waals surface area (Å²) in [5.41, 5.74) is 0. The van der Waals surface area contributed by atoms with Gasteiger partial charge in [-0.15, -0.1) is 11.8 Å². The smallest absolute Gasteiger partial charge is 0.106 e. The number of unbranched alkanes of at least 4 members (excludes halogenated alkanes) is 3. The molecule has 0 aromatic carbocycles. The summed E-state index contributed by atoms with van der Waals surface area (Å²) in [6.45, 7) is 3.63. The van der Waals surface area contributed by atoms with Crippen molar-refractivity contribution in [2.45, 2.75) is 32.1 Å². The van der Waals surface area contributed by atoms with E-state index >= 15 is 0 Å². The number of hydrogen-bond donors (Lipinski definition) is 0. The Morgan fingerprint density at radius 3 is 2.92 bits per heavy atom. The van der Waals surface area contributed by atoms with Crippen molar-refractivity contribution < 1.29 is 4.84 Å². The second-order valence-electron chi connectivity index (χ2n) is 2.32. The molecule has 67 valence electrons. The normalized spacial score (nSPS) is 9.50. The van der Waals surface area contributed by atoms with Crippen LogP contribution in [0.4, 0.5) is 0 Å². The molecule has 0 amide bonds. The van der Waals surface area contributed by atoms with Crippen LogP contribution in [0.5, 0.6) is 0 Å². The number of rotatable bonds is 5. The Bertz CT molecular complexity index is 164. The molecular formula is C10H16NO. The van der Waals surface area contributed by atoms with Gasteiger partial charge in [0.2, 0.25) is 0 Å². The molecule has 0 aromatic heterocycles. The summed E-state index contributed by atoms with van der Waals surface area (Å²) < 4.78 is 0. The zero-order valence-electron chi connectivity index (χ0n) is 7.68. The van der Waals surface area contributed by atoms with Crippen LogP contribution in [-0.4, -0.2) is 13.3 Å². The second kappa shape index (κ2) is 10.0. The third-order valence-corrected chi connectivity index (χ3v) is 1.31. The van der Waals surface area contributed by atoms with E-state index in [-0.39, 0.29) is 0 Å². The molecule has 12 heavy (non-hydrogen) atoms. The van der Waals surface area contributed by atoms with Crippen molar-refractivity contribution in [2.24, 2.45) is 5.16 Å². The van der Waals surface area contributed by atoms with Crippen LogP contribution in [-0.2, 0) is 4.84 Å². The van der Waals surface area contributed by atoms with Crippen molar-refractivity contribution in [3.8, 4) is 11.8 Å². The third kappa shape index (κ3) is 9.03. The summed E-state index contributed by atoms with van der Waals surface area (Å²) in [4.78, 5) is 4.52. The highest BCUT2D eigenvalue weighted by molar-refractivity contribution is 5.56. The minimum absolute atomic E-state index is 0.713. The van der Waals surface area contributed by atoms with Crippen LogP contribution in [0, 0.1) is 18.8 Å². The quantitative estimate of drug-likeness (QED) is 0.266. The van der Waals surface area contributed by atoms with Gasteiger partial charge >= 0.3 is 0 Å². The molecule has 2 heteroatoms. The van der Waals surface area contributed by atoms with E-state index in [1.807, 2.05) is 0 Å². The maximum atomic E-state index is 4.52. The Morgan fingerprint density at radius 2 is 2.25 bits per heavy atom. The zero-order valence-corrected chi connectivity index (χ0v) is 7.68. The number of oxime groups is 1. The van der Waals surface area contributed by atoms with Crippen molar-refractivity contribution in [1.82, 2.24) is 0 Å². The second-order valence-corrected chi connectivity index (χ2v) is 2.32. The highest BCUT2D eigenvalue weighted by atomic mass is 16.6. The predicted octanol–water partition coefficient (Wildman–Crippen LogP) is 2.41. The van der Waals surface area contributed by atoms with Crippen molar-refractivity contribution in [3.63, 3.8) is 0 Å². The Balaban J connectivity index is 3.05. The molecule has 0 aliphatic heterocycles. The molecule has 2 nitrogen and oxygen atoms in total. The minimum Gasteiger partial charge on any atom is -0.399 e. The molecule has 0 aliphatic carbocycles. The first-order valence-electron chi connectivity index (χ1n) is 4.21. The van der Waals surface area contributed by atoms with Gasteiger partial charge in [-0.2, -0.15) is 0 Å². The largest absolute Gasteiger partial charge is 0.399 e. The average molecular weight is 166 g/mol. The predicted molar refractivity (Wildman–Crippen MR) is 51.7 cm³/mol. The first-order valence-corrected chi connectivity index (χ1v) is 4.21. The molecule has 1 radical (unpaired) electrons. The molecule has 0 N–H and O–H groups in total. The molecule has 0 unspecified atom stereocenters. The van der Waals surface area contributed by atoms with Crippen molar-refractivity contribution in [2.75, 3.05) is 7.11 Å². The summed E-state index contributed by atoms with van der Waals surface area (Å²) >= 11 is 0. The Labute approximate surface area is 75.0 Å². The van der Waals surface area contributed by atoms with Gasteiger partial charge < -0.3 is 4.84 Å². The molecule has 0 bridgehead atoms. The van der Waals surface area contributed by atoms with E-state index in [1.165, 1.54) is 0 Å². The average Bonchev–Trinajstić information content (AvgIpc) is 2.10. The topological polar surface area (TPSA) is 21.6 Å².